The fourth-order valence-corrected chi connectivity index (χ4v) is 2.01. The molecule has 0 saturated carbocycles. The summed E-state index contributed by atoms with van der Waals surface area (Å²) in [6.45, 7) is 4.38. The zero-order chi connectivity index (χ0) is 10.8. The average molecular weight is 222 g/mol. The van der Waals surface area contributed by atoms with E-state index in [2.05, 4.69) is 6.58 Å². The summed E-state index contributed by atoms with van der Waals surface area (Å²) in [7, 11) is 0. The van der Waals surface area contributed by atoms with Gasteiger partial charge in [0.05, 0.1) is 5.92 Å². The molecule has 78 valence electrons. The molecule has 0 N–H and O–H groups in total. The van der Waals surface area contributed by atoms with Gasteiger partial charge in [-0.2, -0.15) is 0 Å². The maximum Gasteiger partial charge on any atom is 0.234 e. The van der Waals surface area contributed by atoms with Gasteiger partial charge in [-0.3, -0.25) is 4.79 Å². The lowest BCUT2D eigenvalue weighted by atomic mass is 9.98. The van der Waals surface area contributed by atoms with E-state index in [-0.39, 0.29) is 11.8 Å². The summed E-state index contributed by atoms with van der Waals surface area (Å²) in [6, 6.07) is 7.47. The molecule has 0 aromatic heterocycles. The first-order valence-electron chi connectivity index (χ1n) is 4.91. The molecule has 0 spiro atoms. The summed E-state index contributed by atoms with van der Waals surface area (Å²) in [6.07, 6.45) is 2.45. The van der Waals surface area contributed by atoms with E-state index in [1.807, 2.05) is 24.3 Å². The highest BCUT2D eigenvalue weighted by molar-refractivity contribution is 6.30. The molecule has 0 radical (unpaired) electrons. The first-order chi connectivity index (χ1) is 7.22. The molecule has 1 saturated heterocycles. The van der Waals surface area contributed by atoms with Crippen molar-refractivity contribution in [3.63, 3.8) is 0 Å². The Kier molecular flexibility index (Phi) is 2.78. The van der Waals surface area contributed by atoms with Crippen molar-refractivity contribution in [2.45, 2.75) is 12.3 Å². The number of halogens is 1. The molecule has 1 fully saturated rings. The number of nitrogens with zero attached hydrogens (tertiary/aromatic N) is 1. The molecule has 1 aromatic carbocycles. The van der Waals surface area contributed by atoms with E-state index in [1.165, 1.54) is 0 Å². The number of likely N-dealkylation sites (tertiary alicyclic amines) is 1. The van der Waals surface area contributed by atoms with E-state index in [4.69, 9.17) is 11.6 Å². The fraction of sp³-hybridized carbons (Fsp3) is 0.250. The van der Waals surface area contributed by atoms with Crippen LogP contribution in [0.15, 0.2) is 37.0 Å². The van der Waals surface area contributed by atoms with Crippen LogP contribution >= 0.6 is 11.6 Å². The number of hydrogen-bond donors (Lipinski definition) is 0. The van der Waals surface area contributed by atoms with Crippen molar-refractivity contribution in [2.24, 2.45) is 0 Å². The second kappa shape index (κ2) is 4.07. The molecule has 1 atom stereocenters. The van der Waals surface area contributed by atoms with Crippen LogP contribution in [-0.2, 0) is 4.79 Å². The third-order valence-electron chi connectivity index (χ3n) is 2.73. The van der Waals surface area contributed by atoms with Crippen molar-refractivity contribution in [2.75, 3.05) is 6.54 Å². The summed E-state index contributed by atoms with van der Waals surface area (Å²) in [5, 5.41) is 0.699. The summed E-state index contributed by atoms with van der Waals surface area (Å²) in [5.74, 6) is 0.104. The zero-order valence-corrected chi connectivity index (χ0v) is 9.07. The molecule has 2 nitrogen and oxygen atoms in total. The average Bonchev–Trinajstić information content (AvgIpc) is 2.61. The quantitative estimate of drug-likeness (QED) is 0.752. The molecule has 1 aliphatic rings. The Morgan fingerprint density at radius 2 is 2.07 bits per heavy atom. The summed E-state index contributed by atoms with van der Waals surface area (Å²) >= 11 is 5.80. The highest BCUT2D eigenvalue weighted by Crippen LogP contribution is 2.29. The summed E-state index contributed by atoms with van der Waals surface area (Å²) < 4.78 is 0. The third kappa shape index (κ3) is 1.90. The van der Waals surface area contributed by atoms with Gasteiger partial charge in [0.15, 0.2) is 0 Å². The van der Waals surface area contributed by atoms with Crippen molar-refractivity contribution in [1.82, 2.24) is 4.90 Å². The molecule has 1 aliphatic heterocycles. The van der Waals surface area contributed by atoms with Crippen LogP contribution in [0.1, 0.15) is 17.9 Å². The second-order valence-corrected chi connectivity index (χ2v) is 4.04. The molecular formula is C12H12ClNO. The normalized spacial score (nSPS) is 20.7. The minimum Gasteiger partial charge on any atom is -0.319 e. The Labute approximate surface area is 94.2 Å². The van der Waals surface area contributed by atoms with Gasteiger partial charge in [-0.25, -0.2) is 0 Å². The van der Waals surface area contributed by atoms with Gasteiger partial charge in [0.2, 0.25) is 5.91 Å². The van der Waals surface area contributed by atoms with Crippen LogP contribution in [0.25, 0.3) is 0 Å². The molecular weight excluding hydrogens is 210 g/mol. The van der Waals surface area contributed by atoms with E-state index in [0.717, 1.165) is 18.5 Å². The number of rotatable bonds is 2. The first kappa shape index (κ1) is 10.2. The maximum absolute atomic E-state index is 11.8. The number of carbonyl (C=O) groups is 1. The molecule has 2 rings (SSSR count). The molecule has 15 heavy (non-hydrogen) atoms. The number of amides is 1. The Balaban J connectivity index is 2.22. The van der Waals surface area contributed by atoms with Gasteiger partial charge in [0.1, 0.15) is 0 Å². The SMILES string of the molecule is C=CN1CCC(c2ccc(Cl)cc2)C1=O. The number of benzene rings is 1. The van der Waals surface area contributed by atoms with Crippen molar-refractivity contribution in [3.05, 3.63) is 47.6 Å². The minimum absolute atomic E-state index is 0.0275. The van der Waals surface area contributed by atoms with Gasteiger partial charge < -0.3 is 4.90 Å². The van der Waals surface area contributed by atoms with Crippen molar-refractivity contribution < 1.29 is 4.79 Å². The van der Waals surface area contributed by atoms with Gasteiger partial charge in [-0.1, -0.05) is 30.3 Å². The standard InChI is InChI=1S/C12H12ClNO/c1-2-14-8-7-11(12(14)15)9-3-5-10(13)6-4-9/h2-6,11H,1,7-8H2. The van der Waals surface area contributed by atoms with Crippen molar-refractivity contribution in [3.8, 4) is 0 Å². The Morgan fingerprint density at radius 3 is 2.60 bits per heavy atom. The van der Waals surface area contributed by atoms with Crippen LogP contribution in [0, 0.1) is 0 Å². The molecule has 1 amide bonds. The smallest absolute Gasteiger partial charge is 0.234 e. The van der Waals surface area contributed by atoms with Gasteiger partial charge >= 0.3 is 0 Å². The third-order valence-corrected chi connectivity index (χ3v) is 2.98. The van der Waals surface area contributed by atoms with Gasteiger partial charge in [-0.15, -0.1) is 0 Å². The molecule has 0 bridgehead atoms. The number of hydrogen-bond acceptors (Lipinski definition) is 1. The van der Waals surface area contributed by atoms with Gasteiger partial charge in [0, 0.05) is 11.6 Å². The molecule has 1 aromatic rings. The van der Waals surface area contributed by atoms with Gasteiger partial charge in [-0.05, 0) is 30.3 Å². The lowest BCUT2D eigenvalue weighted by Gasteiger charge is -2.11. The largest absolute Gasteiger partial charge is 0.319 e. The van der Waals surface area contributed by atoms with E-state index in [9.17, 15) is 4.79 Å². The van der Waals surface area contributed by atoms with E-state index < -0.39 is 0 Å². The lowest BCUT2D eigenvalue weighted by Crippen LogP contribution is -2.20. The lowest BCUT2D eigenvalue weighted by molar-refractivity contribution is -0.126. The summed E-state index contributed by atoms with van der Waals surface area (Å²) in [5.41, 5.74) is 1.04. The highest BCUT2D eigenvalue weighted by Gasteiger charge is 2.30. The Bertz CT molecular complexity index is 385. The zero-order valence-electron chi connectivity index (χ0n) is 8.32. The summed E-state index contributed by atoms with van der Waals surface area (Å²) in [4.78, 5) is 13.5. The van der Waals surface area contributed by atoms with Crippen molar-refractivity contribution in [1.29, 1.82) is 0 Å². The topological polar surface area (TPSA) is 20.3 Å². The highest BCUT2D eigenvalue weighted by atomic mass is 35.5. The Morgan fingerprint density at radius 1 is 1.40 bits per heavy atom. The van der Waals surface area contributed by atoms with Crippen LogP contribution in [-0.4, -0.2) is 17.4 Å². The fourth-order valence-electron chi connectivity index (χ4n) is 1.89. The van der Waals surface area contributed by atoms with Crippen LogP contribution in [0.5, 0.6) is 0 Å². The van der Waals surface area contributed by atoms with Crippen LogP contribution in [0.4, 0.5) is 0 Å². The van der Waals surface area contributed by atoms with Crippen LogP contribution in [0.2, 0.25) is 5.02 Å². The van der Waals surface area contributed by atoms with Crippen molar-refractivity contribution >= 4 is 17.5 Å². The van der Waals surface area contributed by atoms with E-state index in [1.54, 1.807) is 11.1 Å². The van der Waals surface area contributed by atoms with Crippen LogP contribution < -0.4 is 0 Å². The maximum atomic E-state index is 11.8. The van der Waals surface area contributed by atoms with Crippen LogP contribution in [0.3, 0.4) is 0 Å². The van der Waals surface area contributed by atoms with E-state index in [0.29, 0.717) is 5.02 Å². The molecule has 3 heteroatoms. The molecule has 1 unspecified atom stereocenters. The first-order valence-corrected chi connectivity index (χ1v) is 5.28. The number of carbonyl (C=O) groups excluding carboxylic acids is 1. The molecule has 1 heterocycles. The van der Waals surface area contributed by atoms with Gasteiger partial charge in [0.25, 0.3) is 0 Å². The minimum atomic E-state index is -0.0275. The Hall–Kier alpha value is -1.28. The molecule has 0 aliphatic carbocycles. The second-order valence-electron chi connectivity index (χ2n) is 3.61. The predicted molar refractivity (Wildman–Crippen MR) is 60.7 cm³/mol. The van der Waals surface area contributed by atoms with E-state index >= 15 is 0 Å². The monoisotopic (exact) mass is 221 g/mol. The predicted octanol–water partition coefficient (Wildman–Crippen LogP) is 2.80.